The summed E-state index contributed by atoms with van der Waals surface area (Å²) in [5.74, 6) is 0. The Morgan fingerprint density at radius 1 is 1.40 bits per heavy atom. The van der Waals surface area contributed by atoms with E-state index >= 15 is 0 Å². The van der Waals surface area contributed by atoms with Gasteiger partial charge in [-0.25, -0.2) is 9.55 Å². The second-order valence-electron chi connectivity index (χ2n) is 6.26. The van der Waals surface area contributed by atoms with Crippen molar-refractivity contribution in [1.29, 1.82) is 0 Å². The Kier molecular flexibility index (Phi) is 4.44. The van der Waals surface area contributed by atoms with Crippen LogP contribution in [0, 0.1) is 0 Å². The normalized spacial score (nSPS) is 12.2. The number of rotatable bonds is 6. The molecule has 1 N–H and O–H groups in total. The summed E-state index contributed by atoms with van der Waals surface area (Å²) >= 11 is 0. The fourth-order valence-corrected chi connectivity index (χ4v) is 2.82. The summed E-state index contributed by atoms with van der Waals surface area (Å²) in [5, 5.41) is 0. The summed E-state index contributed by atoms with van der Waals surface area (Å²) in [6.45, 7) is 10.8. The maximum absolute atomic E-state index is 12.3. The Balaban J connectivity index is 2.13. The molecule has 0 saturated carbocycles. The molecule has 2 aromatic heterocycles. The molecule has 20 heavy (non-hydrogen) atoms. The van der Waals surface area contributed by atoms with Gasteiger partial charge in [0.15, 0.2) is 12.2 Å². The van der Waals surface area contributed by atoms with E-state index < -0.39 is 8.07 Å². The quantitative estimate of drug-likeness (QED) is 0.503. The number of ether oxygens (including phenoxy) is 1. The highest BCUT2D eigenvalue weighted by atomic mass is 28.3. The van der Waals surface area contributed by atoms with E-state index in [1.165, 1.54) is 0 Å². The van der Waals surface area contributed by atoms with Crippen LogP contribution in [0.4, 0.5) is 0 Å². The molecule has 0 aliphatic rings. The van der Waals surface area contributed by atoms with Gasteiger partial charge in [0.2, 0.25) is 11.8 Å². The zero-order valence-corrected chi connectivity index (χ0v) is 13.8. The predicted octanol–water partition coefficient (Wildman–Crippen LogP) is 1.95. The van der Waals surface area contributed by atoms with Gasteiger partial charge in [0, 0.05) is 33.5 Å². The zero-order valence-electron chi connectivity index (χ0n) is 12.8. The summed E-state index contributed by atoms with van der Waals surface area (Å²) < 4.78 is 9.28. The number of nitrogens with one attached hydrogen (secondary N) is 1. The lowest BCUT2D eigenvalue weighted by Gasteiger charge is -2.14. The number of hydrogen-bond donors (Lipinski definition) is 1. The van der Waals surface area contributed by atoms with Gasteiger partial charge in [0.1, 0.15) is 0 Å². The van der Waals surface area contributed by atoms with Crippen molar-refractivity contribution in [3.63, 3.8) is 0 Å². The van der Waals surface area contributed by atoms with Crippen LogP contribution < -0.4 is 10.1 Å². The van der Waals surface area contributed by atoms with Gasteiger partial charge < -0.3 is 9.30 Å². The summed E-state index contributed by atoms with van der Waals surface area (Å²) in [4.78, 5) is 15.4. The van der Waals surface area contributed by atoms with Crippen LogP contribution in [0.25, 0.3) is 11.0 Å². The van der Waals surface area contributed by atoms with E-state index in [2.05, 4.69) is 24.6 Å². The van der Waals surface area contributed by atoms with Crippen molar-refractivity contribution in [2.45, 2.75) is 45.9 Å². The van der Waals surface area contributed by atoms with Gasteiger partial charge in [-0.1, -0.05) is 19.6 Å². The van der Waals surface area contributed by atoms with Crippen molar-refractivity contribution in [2.24, 2.45) is 0 Å². The van der Waals surface area contributed by atoms with Crippen molar-refractivity contribution in [1.82, 2.24) is 9.55 Å². The summed E-state index contributed by atoms with van der Waals surface area (Å²) in [6.07, 6.45) is 3.62. The molecule has 2 heterocycles. The third kappa shape index (κ3) is 3.37. The van der Waals surface area contributed by atoms with Crippen LogP contribution in [0.2, 0.25) is 25.7 Å². The molecule has 0 aromatic carbocycles. The number of hydrogen-bond acceptors (Lipinski definition) is 2. The highest BCUT2D eigenvalue weighted by Gasteiger charge is 2.16. The smallest absolute Gasteiger partial charge is 0.302 e. The molecule has 5 nitrogen and oxygen atoms in total. The summed E-state index contributed by atoms with van der Waals surface area (Å²) in [7, 11) is -1.07. The lowest BCUT2D eigenvalue weighted by atomic mass is 10.4. The van der Waals surface area contributed by atoms with Crippen LogP contribution in [0.5, 0.6) is 0 Å². The molecular formula is C14H24N3O2Si+. The monoisotopic (exact) mass is 294 g/mol. The molecule has 0 amide bonds. The van der Waals surface area contributed by atoms with E-state index in [0.717, 1.165) is 18.2 Å². The van der Waals surface area contributed by atoms with E-state index in [1.54, 1.807) is 10.9 Å². The first-order valence-corrected chi connectivity index (χ1v) is 10.8. The van der Waals surface area contributed by atoms with Gasteiger partial charge in [-0.3, -0.25) is 4.79 Å². The van der Waals surface area contributed by atoms with Gasteiger partial charge in [0.25, 0.3) is 0 Å². The average Bonchev–Trinajstić information content (AvgIpc) is 2.78. The molecule has 0 unspecified atom stereocenters. The van der Waals surface area contributed by atoms with Crippen LogP contribution in [0.15, 0.2) is 23.4 Å². The molecule has 0 atom stereocenters. The first-order valence-electron chi connectivity index (χ1n) is 7.10. The van der Waals surface area contributed by atoms with Gasteiger partial charge in [-0.2, -0.15) is 0 Å². The van der Waals surface area contributed by atoms with Crippen LogP contribution in [-0.4, -0.2) is 24.2 Å². The van der Waals surface area contributed by atoms with Gasteiger partial charge in [-0.15, -0.1) is 0 Å². The highest BCUT2D eigenvalue weighted by Crippen LogP contribution is 2.07. The van der Waals surface area contributed by atoms with E-state index in [-0.39, 0.29) is 5.56 Å². The average molecular weight is 294 g/mol. The topological polar surface area (TPSA) is 50.9 Å². The molecule has 0 radical (unpaired) electrons. The fourth-order valence-electron chi connectivity index (χ4n) is 2.06. The van der Waals surface area contributed by atoms with E-state index in [1.807, 2.05) is 23.8 Å². The Bertz CT molecular complexity index is 640. The molecule has 6 heteroatoms. The molecule has 0 spiro atoms. The fraction of sp³-hybridized carbons (Fsp3) is 0.571. The molecule has 2 rings (SSSR count). The molecule has 0 saturated heterocycles. The van der Waals surface area contributed by atoms with Crippen molar-refractivity contribution < 1.29 is 9.30 Å². The lowest BCUT2D eigenvalue weighted by Crippen LogP contribution is -2.39. The Hall–Kier alpha value is -1.40. The standard InChI is InChI=1S/C14H23N3O2Si/c1-5-16-7-6-12-13(14(16)18)17(10-15-12)11-19-8-9-20(2,3)4/h6-7,10H,5,8-9,11H2,1-4H3/p+1. The highest BCUT2D eigenvalue weighted by molar-refractivity contribution is 6.76. The predicted molar refractivity (Wildman–Crippen MR) is 82.5 cm³/mol. The lowest BCUT2D eigenvalue weighted by molar-refractivity contribution is -0.709. The first-order chi connectivity index (χ1) is 9.42. The SMILES string of the molecule is CCn1ccc2[nH]c[n+](COCC[Si](C)(C)C)c2c1=O. The summed E-state index contributed by atoms with van der Waals surface area (Å²) in [5.41, 5.74) is 1.57. The number of aromatic amines is 1. The maximum Gasteiger partial charge on any atom is 0.302 e. The molecule has 2 aromatic rings. The van der Waals surface area contributed by atoms with Crippen LogP contribution in [0.3, 0.4) is 0 Å². The number of imidazole rings is 1. The van der Waals surface area contributed by atoms with Crippen molar-refractivity contribution in [3.8, 4) is 0 Å². The minimum Gasteiger partial charge on any atom is -0.342 e. The minimum atomic E-state index is -1.07. The maximum atomic E-state index is 12.3. The second kappa shape index (κ2) is 5.93. The van der Waals surface area contributed by atoms with Gasteiger partial charge >= 0.3 is 5.56 Å². The number of nitrogens with zero attached hydrogens (tertiary/aromatic N) is 2. The number of aryl methyl sites for hydroxylation is 1. The number of fused-ring (bicyclic) bond motifs is 1. The van der Waals surface area contributed by atoms with Crippen LogP contribution >= 0.6 is 0 Å². The van der Waals surface area contributed by atoms with E-state index in [4.69, 9.17) is 4.74 Å². The summed E-state index contributed by atoms with van der Waals surface area (Å²) in [6, 6.07) is 3.06. The van der Waals surface area contributed by atoms with Crippen molar-refractivity contribution in [2.75, 3.05) is 6.61 Å². The van der Waals surface area contributed by atoms with Crippen LogP contribution in [0.1, 0.15) is 6.92 Å². The molecule has 0 aliphatic carbocycles. The van der Waals surface area contributed by atoms with Gasteiger partial charge in [0.05, 0.1) is 0 Å². The largest absolute Gasteiger partial charge is 0.342 e. The zero-order chi connectivity index (χ0) is 14.8. The number of H-pyrrole nitrogens is 1. The van der Waals surface area contributed by atoms with Gasteiger partial charge in [-0.05, 0) is 13.0 Å². The molecular weight excluding hydrogens is 270 g/mol. The third-order valence-electron chi connectivity index (χ3n) is 3.37. The second-order valence-corrected chi connectivity index (χ2v) is 11.9. The molecule has 0 fully saturated rings. The Morgan fingerprint density at radius 2 is 2.15 bits per heavy atom. The van der Waals surface area contributed by atoms with Crippen LogP contribution in [-0.2, 0) is 18.0 Å². The molecule has 0 aliphatic heterocycles. The first kappa shape index (κ1) is 15.0. The van der Waals surface area contributed by atoms with Crippen molar-refractivity contribution in [3.05, 3.63) is 28.9 Å². The Labute approximate surface area is 120 Å². The Morgan fingerprint density at radius 3 is 2.80 bits per heavy atom. The minimum absolute atomic E-state index is 0.0278. The van der Waals surface area contributed by atoms with E-state index in [0.29, 0.717) is 18.8 Å². The number of pyridine rings is 1. The van der Waals surface area contributed by atoms with Crippen molar-refractivity contribution >= 4 is 19.1 Å². The number of aromatic nitrogens is 3. The molecule has 110 valence electrons. The molecule has 0 bridgehead atoms. The van der Waals surface area contributed by atoms with E-state index in [9.17, 15) is 4.79 Å². The third-order valence-corrected chi connectivity index (χ3v) is 5.07.